The van der Waals surface area contributed by atoms with Crippen LogP contribution in [0.5, 0.6) is 0 Å². The Labute approximate surface area is 116 Å². The molecule has 1 atom stereocenters. The maximum atomic E-state index is 12.8. The molecule has 3 rings (SSSR count). The third-order valence-electron chi connectivity index (χ3n) is 3.01. The van der Waals surface area contributed by atoms with E-state index in [9.17, 15) is 4.39 Å². The van der Waals surface area contributed by atoms with Crippen molar-refractivity contribution in [2.45, 2.75) is 6.10 Å². The van der Waals surface area contributed by atoms with Crippen molar-refractivity contribution in [3.8, 4) is 11.3 Å². The molecule has 1 aliphatic rings. The number of benzene rings is 1. The minimum Gasteiger partial charge on any atom is -0.369 e. The van der Waals surface area contributed by atoms with Crippen LogP contribution >= 0.6 is 12.4 Å². The summed E-state index contributed by atoms with van der Waals surface area (Å²) in [5.41, 5.74) is 2.64. The molecule has 1 aromatic carbocycles. The van der Waals surface area contributed by atoms with Crippen molar-refractivity contribution in [2.24, 2.45) is 0 Å². The molecular weight excluding hydrogens is 269 g/mol. The fraction of sp³-hybridized carbons (Fsp3) is 0.308. The number of nitrogens with zero attached hydrogens (tertiary/aromatic N) is 1. The first-order chi connectivity index (χ1) is 8.83. The summed E-state index contributed by atoms with van der Waals surface area (Å²) in [6, 6.07) is 8.25. The third kappa shape index (κ3) is 3.12. The van der Waals surface area contributed by atoms with E-state index >= 15 is 0 Å². The molecule has 102 valence electrons. The smallest absolute Gasteiger partial charge is 0.123 e. The molecule has 2 aromatic rings. The highest BCUT2D eigenvalue weighted by Gasteiger charge is 2.18. The number of morpholine rings is 1. The SMILES string of the molecule is Cl.Fc1ccc(-c2cc(C3CNCCO3)[nH]n2)cc1. The van der Waals surface area contributed by atoms with Gasteiger partial charge in [-0.3, -0.25) is 5.10 Å². The molecular formula is C13H15ClFN3O. The van der Waals surface area contributed by atoms with E-state index in [1.807, 2.05) is 6.07 Å². The zero-order chi connectivity index (χ0) is 12.4. The number of hydrogen-bond donors (Lipinski definition) is 2. The van der Waals surface area contributed by atoms with E-state index in [1.54, 1.807) is 12.1 Å². The minimum atomic E-state index is -0.241. The first-order valence-electron chi connectivity index (χ1n) is 5.96. The molecule has 4 nitrogen and oxygen atoms in total. The Morgan fingerprint density at radius 3 is 2.74 bits per heavy atom. The first kappa shape index (κ1) is 14.0. The van der Waals surface area contributed by atoms with Crippen molar-refractivity contribution in [2.75, 3.05) is 19.7 Å². The van der Waals surface area contributed by atoms with Gasteiger partial charge in [0.2, 0.25) is 0 Å². The standard InChI is InChI=1S/C13H14FN3O.ClH/c14-10-3-1-9(2-4-10)11-7-12(17-16-11)13-8-15-5-6-18-13;/h1-4,7,13,15H,5-6,8H2,(H,16,17);1H. The van der Waals surface area contributed by atoms with Gasteiger partial charge in [-0.05, 0) is 30.3 Å². The van der Waals surface area contributed by atoms with E-state index in [0.29, 0.717) is 6.61 Å². The van der Waals surface area contributed by atoms with Crippen LogP contribution in [0.1, 0.15) is 11.8 Å². The molecule has 0 saturated carbocycles. The molecule has 1 fully saturated rings. The van der Waals surface area contributed by atoms with Crippen molar-refractivity contribution < 1.29 is 9.13 Å². The average Bonchev–Trinajstić information content (AvgIpc) is 2.90. The summed E-state index contributed by atoms with van der Waals surface area (Å²) in [6.07, 6.45) is 0.0143. The lowest BCUT2D eigenvalue weighted by Crippen LogP contribution is -2.33. The molecule has 0 radical (unpaired) electrons. The molecule has 0 bridgehead atoms. The van der Waals surface area contributed by atoms with Crippen LogP contribution in [0.2, 0.25) is 0 Å². The van der Waals surface area contributed by atoms with Crippen LogP contribution in [0.4, 0.5) is 4.39 Å². The van der Waals surface area contributed by atoms with E-state index in [1.165, 1.54) is 12.1 Å². The number of aromatic nitrogens is 2. The van der Waals surface area contributed by atoms with E-state index in [2.05, 4.69) is 15.5 Å². The van der Waals surface area contributed by atoms with Gasteiger partial charge in [0.05, 0.1) is 18.0 Å². The highest BCUT2D eigenvalue weighted by Crippen LogP contribution is 2.23. The van der Waals surface area contributed by atoms with Gasteiger partial charge in [-0.25, -0.2) is 4.39 Å². The third-order valence-corrected chi connectivity index (χ3v) is 3.01. The van der Waals surface area contributed by atoms with Gasteiger partial charge in [-0.15, -0.1) is 12.4 Å². The fourth-order valence-electron chi connectivity index (χ4n) is 2.04. The van der Waals surface area contributed by atoms with Crippen molar-refractivity contribution >= 4 is 12.4 Å². The van der Waals surface area contributed by atoms with Gasteiger partial charge in [0, 0.05) is 18.7 Å². The second kappa shape index (κ2) is 6.14. The molecule has 19 heavy (non-hydrogen) atoms. The molecule has 1 aromatic heterocycles. The summed E-state index contributed by atoms with van der Waals surface area (Å²) < 4.78 is 18.5. The molecule has 0 aliphatic carbocycles. The zero-order valence-corrected chi connectivity index (χ0v) is 11.0. The molecule has 2 N–H and O–H groups in total. The highest BCUT2D eigenvalue weighted by molar-refractivity contribution is 5.85. The topological polar surface area (TPSA) is 49.9 Å². The van der Waals surface area contributed by atoms with Crippen LogP contribution in [0.15, 0.2) is 30.3 Å². The lowest BCUT2D eigenvalue weighted by atomic mass is 10.1. The normalized spacial score (nSPS) is 18.9. The lowest BCUT2D eigenvalue weighted by molar-refractivity contribution is 0.0250. The van der Waals surface area contributed by atoms with E-state index in [-0.39, 0.29) is 24.3 Å². The van der Waals surface area contributed by atoms with E-state index in [4.69, 9.17) is 4.74 Å². The fourth-order valence-corrected chi connectivity index (χ4v) is 2.04. The van der Waals surface area contributed by atoms with Gasteiger partial charge in [0.1, 0.15) is 11.9 Å². The number of nitrogens with one attached hydrogen (secondary N) is 2. The second-order valence-electron chi connectivity index (χ2n) is 4.28. The molecule has 0 amide bonds. The van der Waals surface area contributed by atoms with Gasteiger partial charge in [-0.1, -0.05) is 0 Å². The molecule has 2 heterocycles. The summed E-state index contributed by atoms with van der Waals surface area (Å²) in [5.74, 6) is -0.241. The van der Waals surface area contributed by atoms with E-state index in [0.717, 1.165) is 30.0 Å². The maximum Gasteiger partial charge on any atom is 0.123 e. The van der Waals surface area contributed by atoms with Gasteiger partial charge in [0.25, 0.3) is 0 Å². The summed E-state index contributed by atoms with van der Waals surface area (Å²) in [7, 11) is 0. The van der Waals surface area contributed by atoms with Gasteiger partial charge >= 0.3 is 0 Å². The molecule has 0 spiro atoms. The monoisotopic (exact) mass is 283 g/mol. The Hall–Kier alpha value is -1.43. The van der Waals surface area contributed by atoms with Crippen LogP contribution < -0.4 is 5.32 Å². The first-order valence-corrected chi connectivity index (χ1v) is 5.96. The molecule has 1 unspecified atom stereocenters. The zero-order valence-electron chi connectivity index (χ0n) is 10.2. The molecule has 6 heteroatoms. The quantitative estimate of drug-likeness (QED) is 0.889. The van der Waals surface area contributed by atoms with Crippen LogP contribution in [0.25, 0.3) is 11.3 Å². The Morgan fingerprint density at radius 1 is 1.26 bits per heavy atom. The maximum absolute atomic E-state index is 12.8. The Balaban J connectivity index is 0.00000133. The Kier molecular flexibility index (Phi) is 4.52. The predicted octanol–water partition coefficient (Wildman–Crippen LogP) is 2.30. The number of aromatic amines is 1. The largest absolute Gasteiger partial charge is 0.369 e. The number of halogens is 2. The van der Waals surface area contributed by atoms with Crippen LogP contribution in [0, 0.1) is 5.82 Å². The second-order valence-corrected chi connectivity index (χ2v) is 4.28. The highest BCUT2D eigenvalue weighted by atomic mass is 35.5. The summed E-state index contributed by atoms with van der Waals surface area (Å²) >= 11 is 0. The number of hydrogen-bond acceptors (Lipinski definition) is 3. The Morgan fingerprint density at radius 2 is 2.05 bits per heavy atom. The van der Waals surface area contributed by atoms with Crippen LogP contribution in [-0.4, -0.2) is 29.9 Å². The number of H-pyrrole nitrogens is 1. The van der Waals surface area contributed by atoms with Gasteiger partial charge in [-0.2, -0.15) is 5.10 Å². The summed E-state index contributed by atoms with van der Waals surface area (Å²) in [5, 5.41) is 10.5. The van der Waals surface area contributed by atoms with E-state index < -0.39 is 0 Å². The lowest BCUT2D eigenvalue weighted by Gasteiger charge is -2.22. The predicted molar refractivity (Wildman–Crippen MR) is 72.8 cm³/mol. The van der Waals surface area contributed by atoms with Gasteiger partial charge in [0.15, 0.2) is 0 Å². The Bertz CT molecular complexity index is 523. The summed E-state index contributed by atoms with van der Waals surface area (Å²) in [6.45, 7) is 2.37. The van der Waals surface area contributed by atoms with Gasteiger partial charge < -0.3 is 10.1 Å². The van der Waals surface area contributed by atoms with Crippen LogP contribution in [-0.2, 0) is 4.74 Å². The molecule has 1 aliphatic heterocycles. The van der Waals surface area contributed by atoms with Crippen molar-refractivity contribution in [3.63, 3.8) is 0 Å². The van der Waals surface area contributed by atoms with Crippen molar-refractivity contribution in [3.05, 3.63) is 41.8 Å². The summed E-state index contributed by atoms with van der Waals surface area (Å²) in [4.78, 5) is 0. The van der Waals surface area contributed by atoms with Crippen LogP contribution in [0.3, 0.4) is 0 Å². The number of rotatable bonds is 2. The van der Waals surface area contributed by atoms with Crippen molar-refractivity contribution in [1.29, 1.82) is 0 Å². The van der Waals surface area contributed by atoms with Crippen molar-refractivity contribution in [1.82, 2.24) is 15.5 Å². The average molecular weight is 284 g/mol. The minimum absolute atomic E-state index is 0. The molecule has 1 saturated heterocycles. The number of ether oxygens (including phenoxy) is 1.